The summed E-state index contributed by atoms with van der Waals surface area (Å²) in [4.78, 5) is 0. The van der Waals surface area contributed by atoms with Crippen LogP contribution >= 0.6 is 0 Å². The van der Waals surface area contributed by atoms with Crippen LogP contribution in [0.1, 0.15) is 45.4 Å². The molecule has 2 unspecified atom stereocenters. The van der Waals surface area contributed by atoms with Crippen molar-refractivity contribution in [2.24, 2.45) is 5.92 Å². The van der Waals surface area contributed by atoms with Crippen molar-refractivity contribution in [1.29, 1.82) is 0 Å². The standard InChI is InChI=1S/C14H29N3O2S/c1-3-13-12-17(11-8-14(13)15-2)20(18,19)16-9-6-4-5-7-10-16/h13-15H,3-12H2,1-2H3. The second-order valence-corrected chi connectivity index (χ2v) is 7.96. The van der Waals surface area contributed by atoms with Gasteiger partial charge in [-0.05, 0) is 32.2 Å². The maximum atomic E-state index is 12.8. The van der Waals surface area contributed by atoms with Crippen LogP contribution in [0.3, 0.4) is 0 Å². The largest absolute Gasteiger partial charge is 0.317 e. The highest BCUT2D eigenvalue weighted by Crippen LogP contribution is 2.25. The smallest absolute Gasteiger partial charge is 0.281 e. The highest BCUT2D eigenvalue weighted by atomic mass is 32.2. The molecule has 2 heterocycles. The lowest BCUT2D eigenvalue weighted by Crippen LogP contribution is -2.53. The van der Waals surface area contributed by atoms with Crippen molar-refractivity contribution < 1.29 is 8.42 Å². The molecule has 0 bridgehead atoms. The molecule has 0 spiro atoms. The van der Waals surface area contributed by atoms with Gasteiger partial charge in [-0.3, -0.25) is 0 Å². The zero-order chi connectivity index (χ0) is 14.6. The van der Waals surface area contributed by atoms with Crippen molar-refractivity contribution in [3.8, 4) is 0 Å². The van der Waals surface area contributed by atoms with Gasteiger partial charge >= 0.3 is 0 Å². The molecule has 0 aromatic carbocycles. The minimum atomic E-state index is -3.24. The first-order valence-corrected chi connectivity index (χ1v) is 9.41. The van der Waals surface area contributed by atoms with Crippen LogP contribution in [0.4, 0.5) is 0 Å². The van der Waals surface area contributed by atoms with E-state index in [2.05, 4.69) is 12.2 Å². The Bertz CT molecular complexity index is 391. The van der Waals surface area contributed by atoms with E-state index in [4.69, 9.17) is 0 Å². The Morgan fingerprint density at radius 2 is 1.70 bits per heavy atom. The molecule has 0 aromatic heterocycles. The average molecular weight is 303 g/mol. The highest BCUT2D eigenvalue weighted by Gasteiger charge is 2.36. The maximum Gasteiger partial charge on any atom is 0.281 e. The van der Waals surface area contributed by atoms with Gasteiger partial charge in [0.25, 0.3) is 10.2 Å². The lowest BCUT2D eigenvalue weighted by Gasteiger charge is -2.39. The Labute approximate surface area is 123 Å². The lowest BCUT2D eigenvalue weighted by molar-refractivity contribution is 0.198. The first-order chi connectivity index (χ1) is 9.59. The van der Waals surface area contributed by atoms with E-state index < -0.39 is 10.2 Å². The van der Waals surface area contributed by atoms with Gasteiger partial charge in [-0.15, -0.1) is 0 Å². The van der Waals surface area contributed by atoms with E-state index in [1.165, 1.54) is 0 Å². The number of rotatable bonds is 4. The second kappa shape index (κ2) is 7.20. The zero-order valence-corrected chi connectivity index (χ0v) is 13.7. The fourth-order valence-corrected chi connectivity index (χ4v) is 5.20. The minimum absolute atomic E-state index is 0.426. The van der Waals surface area contributed by atoms with E-state index in [1.54, 1.807) is 8.61 Å². The molecular formula is C14H29N3O2S. The summed E-state index contributed by atoms with van der Waals surface area (Å²) in [6, 6.07) is 0.454. The lowest BCUT2D eigenvalue weighted by atomic mass is 9.91. The Balaban J connectivity index is 2.05. The number of piperidine rings is 1. The SMILES string of the molecule is CCC1CN(S(=O)(=O)N2CCCCCC2)CCC1NC. The molecule has 0 amide bonds. The fraction of sp³-hybridized carbons (Fsp3) is 1.00. The topological polar surface area (TPSA) is 52.7 Å². The van der Waals surface area contributed by atoms with Gasteiger partial charge in [0.2, 0.25) is 0 Å². The molecule has 0 aromatic rings. The average Bonchev–Trinajstić information content (AvgIpc) is 2.76. The van der Waals surface area contributed by atoms with Crippen LogP contribution in [-0.2, 0) is 10.2 Å². The molecule has 2 atom stereocenters. The quantitative estimate of drug-likeness (QED) is 0.855. The van der Waals surface area contributed by atoms with Gasteiger partial charge in [-0.1, -0.05) is 26.2 Å². The predicted molar refractivity (Wildman–Crippen MR) is 81.8 cm³/mol. The van der Waals surface area contributed by atoms with E-state index in [1.807, 2.05) is 7.05 Å². The van der Waals surface area contributed by atoms with Gasteiger partial charge in [-0.25, -0.2) is 0 Å². The zero-order valence-electron chi connectivity index (χ0n) is 12.8. The first kappa shape index (κ1) is 16.2. The number of hydrogen-bond donors (Lipinski definition) is 1. The third kappa shape index (κ3) is 3.53. The molecule has 2 rings (SSSR count). The number of hydrogen-bond acceptors (Lipinski definition) is 3. The van der Waals surface area contributed by atoms with E-state index >= 15 is 0 Å². The maximum absolute atomic E-state index is 12.8. The molecule has 0 radical (unpaired) electrons. The molecule has 0 aliphatic carbocycles. The fourth-order valence-electron chi connectivity index (χ4n) is 3.44. The van der Waals surface area contributed by atoms with Crippen molar-refractivity contribution >= 4 is 10.2 Å². The van der Waals surface area contributed by atoms with Crippen LogP contribution in [0.5, 0.6) is 0 Å². The third-order valence-corrected chi connectivity index (χ3v) is 6.81. The molecule has 0 saturated carbocycles. The van der Waals surface area contributed by atoms with Crippen molar-refractivity contribution in [2.45, 2.75) is 51.5 Å². The van der Waals surface area contributed by atoms with Gasteiger partial charge < -0.3 is 5.32 Å². The Hall–Kier alpha value is -0.170. The highest BCUT2D eigenvalue weighted by molar-refractivity contribution is 7.86. The Morgan fingerprint density at radius 3 is 2.25 bits per heavy atom. The molecule has 5 nitrogen and oxygen atoms in total. The van der Waals surface area contributed by atoms with Crippen LogP contribution in [0.2, 0.25) is 0 Å². The summed E-state index contributed by atoms with van der Waals surface area (Å²) >= 11 is 0. The predicted octanol–water partition coefficient (Wildman–Crippen LogP) is 1.43. The summed E-state index contributed by atoms with van der Waals surface area (Å²) in [6.07, 6.45) is 6.27. The molecular weight excluding hydrogens is 274 g/mol. The van der Waals surface area contributed by atoms with Crippen LogP contribution in [0, 0.1) is 5.92 Å². The Kier molecular flexibility index (Phi) is 5.84. The third-order valence-electron chi connectivity index (χ3n) is 4.81. The summed E-state index contributed by atoms with van der Waals surface area (Å²) in [5.74, 6) is 0.426. The first-order valence-electron chi connectivity index (χ1n) is 8.02. The molecule has 2 aliphatic heterocycles. The summed E-state index contributed by atoms with van der Waals surface area (Å²) in [5.41, 5.74) is 0. The molecule has 2 fully saturated rings. The molecule has 2 saturated heterocycles. The second-order valence-electron chi connectivity index (χ2n) is 6.03. The normalized spacial score (nSPS) is 31.1. The summed E-state index contributed by atoms with van der Waals surface area (Å²) in [5, 5.41) is 3.33. The van der Waals surface area contributed by atoms with Crippen molar-refractivity contribution in [3.63, 3.8) is 0 Å². The van der Waals surface area contributed by atoms with Gasteiger partial charge in [0.05, 0.1) is 0 Å². The van der Waals surface area contributed by atoms with E-state index in [0.29, 0.717) is 38.1 Å². The summed E-state index contributed by atoms with van der Waals surface area (Å²) < 4.78 is 29.0. The molecule has 6 heteroatoms. The molecule has 2 aliphatic rings. The van der Waals surface area contributed by atoms with Crippen molar-refractivity contribution in [1.82, 2.24) is 13.9 Å². The van der Waals surface area contributed by atoms with Gasteiger partial charge in [0, 0.05) is 32.2 Å². The summed E-state index contributed by atoms with van der Waals surface area (Å²) in [6.45, 7) is 4.87. The molecule has 118 valence electrons. The minimum Gasteiger partial charge on any atom is -0.317 e. The van der Waals surface area contributed by atoms with Gasteiger partial charge in [0.1, 0.15) is 0 Å². The van der Waals surface area contributed by atoms with Gasteiger partial charge in [0.15, 0.2) is 0 Å². The van der Waals surface area contributed by atoms with Crippen LogP contribution in [-0.4, -0.2) is 56.3 Å². The van der Waals surface area contributed by atoms with Crippen LogP contribution < -0.4 is 5.32 Å². The van der Waals surface area contributed by atoms with Crippen molar-refractivity contribution in [2.75, 3.05) is 33.2 Å². The molecule has 20 heavy (non-hydrogen) atoms. The number of nitrogens with zero attached hydrogens (tertiary/aromatic N) is 2. The van der Waals surface area contributed by atoms with Gasteiger partial charge in [-0.2, -0.15) is 17.0 Å². The summed E-state index contributed by atoms with van der Waals surface area (Å²) in [7, 11) is -1.27. The van der Waals surface area contributed by atoms with E-state index in [9.17, 15) is 8.42 Å². The van der Waals surface area contributed by atoms with E-state index in [-0.39, 0.29) is 0 Å². The monoisotopic (exact) mass is 303 g/mol. The van der Waals surface area contributed by atoms with E-state index in [0.717, 1.165) is 38.5 Å². The van der Waals surface area contributed by atoms with Crippen LogP contribution in [0.15, 0.2) is 0 Å². The van der Waals surface area contributed by atoms with Crippen LogP contribution in [0.25, 0.3) is 0 Å². The molecule has 1 N–H and O–H groups in total. The number of nitrogens with one attached hydrogen (secondary N) is 1. The van der Waals surface area contributed by atoms with Crippen molar-refractivity contribution in [3.05, 3.63) is 0 Å². The Morgan fingerprint density at radius 1 is 1.05 bits per heavy atom.